The molecule has 0 fully saturated rings. The topological polar surface area (TPSA) is 49.4 Å². The van der Waals surface area contributed by atoms with Crippen molar-refractivity contribution in [3.63, 3.8) is 0 Å². The van der Waals surface area contributed by atoms with E-state index in [1.54, 1.807) is 4.90 Å². The number of hydrogen-bond donors (Lipinski definition) is 1. The highest BCUT2D eigenvalue weighted by Gasteiger charge is 2.31. The molecule has 1 N–H and O–H groups in total. The highest BCUT2D eigenvalue weighted by Crippen LogP contribution is 2.17. The smallest absolute Gasteiger partial charge is 0.243 e. The van der Waals surface area contributed by atoms with E-state index in [0.717, 1.165) is 17.5 Å². The van der Waals surface area contributed by atoms with Gasteiger partial charge in [0.1, 0.15) is 6.04 Å². The number of amides is 2. The second-order valence-electron chi connectivity index (χ2n) is 8.29. The number of carbonyl (C=O) groups excluding carboxylic acids is 2. The van der Waals surface area contributed by atoms with E-state index in [1.165, 1.54) is 0 Å². The number of nitrogens with one attached hydrogen (secondary N) is 1. The fourth-order valence-electron chi connectivity index (χ4n) is 3.24. The third-order valence-corrected chi connectivity index (χ3v) is 4.94. The van der Waals surface area contributed by atoms with Gasteiger partial charge in [0.15, 0.2) is 0 Å². The van der Waals surface area contributed by atoms with Gasteiger partial charge in [0, 0.05) is 25.4 Å². The van der Waals surface area contributed by atoms with Gasteiger partial charge in [-0.05, 0) is 23.5 Å². The molecule has 2 aromatic rings. The molecule has 0 radical (unpaired) electrons. The van der Waals surface area contributed by atoms with Crippen molar-refractivity contribution < 1.29 is 9.59 Å². The van der Waals surface area contributed by atoms with E-state index < -0.39 is 6.04 Å². The first-order valence-corrected chi connectivity index (χ1v) is 10.5. The van der Waals surface area contributed by atoms with Gasteiger partial charge >= 0.3 is 0 Å². The van der Waals surface area contributed by atoms with E-state index in [2.05, 4.69) is 19.2 Å². The van der Waals surface area contributed by atoms with Gasteiger partial charge in [-0.2, -0.15) is 0 Å². The maximum Gasteiger partial charge on any atom is 0.243 e. The van der Waals surface area contributed by atoms with E-state index in [-0.39, 0.29) is 17.7 Å². The van der Waals surface area contributed by atoms with Crippen LogP contribution in [0.5, 0.6) is 0 Å². The largest absolute Gasteiger partial charge is 0.354 e. The van der Waals surface area contributed by atoms with Gasteiger partial charge in [-0.3, -0.25) is 9.59 Å². The zero-order valence-electron chi connectivity index (χ0n) is 18.1. The number of benzene rings is 2. The Labute approximate surface area is 175 Å². The maximum absolute atomic E-state index is 13.2. The predicted molar refractivity (Wildman–Crippen MR) is 118 cm³/mol. The van der Waals surface area contributed by atoms with Crippen LogP contribution in [0.25, 0.3) is 0 Å². The lowest BCUT2D eigenvalue weighted by atomic mass is 10.0. The summed E-state index contributed by atoms with van der Waals surface area (Å²) in [5, 5.41) is 3.06. The van der Waals surface area contributed by atoms with Crippen LogP contribution in [-0.2, 0) is 22.6 Å². The first kappa shape index (κ1) is 22.7. The molecule has 156 valence electrons. The average Bonchev–Trinajstić information content (AvgIpc) is 2.71. The van der Waals surface area contributed by atoms with Crippen LogP contribution in [-0.4, -0.2) is 29.3 Å². The standard InChI is InChI=1S/C25H34N2O2/c1-19(2)15-16-26-24(28)23(17-21-11-7-5-8-12-21)27(25(29)20(3)4)18-22-13-9-6-10-14-22/h5-14,19-20,23H,15-18H2,1-4H3,(H,26,28)/t23-/m1/s1. The van der Waals surface area contributed by atoms with Gasteiger partial charge in [-0.1, -0.05) is 88.4 Å². The van der Waals surface area contributed by atoms with Gasteiger partial charge in [0.2, 0.25) is 11.8 Å². The van der Waals surface area contributed by atoms with Crippen molar-refractivity contribution in [2.24, 2.45) is 11.8 Å². The number of rotatable bonds is 10. The fourth-order valence-corrected chi connectivity index (χ4v) is 3.24. The summed E-state index contributed by atoms with van der Waals surface area (Å²) in [7, 11) is 0. The molecule has 2 rings (SSSR count). The fraction of sp³-hybridized carbons (Fsp3) is 0.440. The predicted octanol–water partition coefficient (Wildman–Crippen LogP) is 4.44. The van der Waals surface area contributed by atoms with E-state index in [0.29, 0.717) is 25.4 Å². The Balaban J connectivity index is 2.30. The first-order valence-electron chi connectivity index (χ1n) is 10.5. The van der Waals surface area contributed by atoms with E-state index in [4.69, 9.17) is 0 Å². The van der Waals surface area contributed by atoms with Gasteiger partial charge in [-0.15, -0.1) is 0 Å². The molecule has 4 heteroatoms. The van der Waals surface area contributed by atoms with Crippen LogP contribution in [0.3, 0.4) is 0 Å². The molecule has 0 saturated carbocycles. The molecule has 0 spiro atoms. The molecule has 1 atom stereocenters. The summed E-state index contributed by atoms with van der Waals surface area (Å²) in [4.78, 5) is 28.0. The third kappa shape index (κ3) is 7.37. The molecule has 0 unspecified atom stereocenters. The highest BCUT2D eigenvalue weighted by molar-refractivity contribution is 5.88. The molecule has 0 saturated heterocycles. The lowest BCUT2D eigenvalue weighted by molar-refractivity contribution is -0.143. The second kappa shape index (κ2) is 11.4. The Bertz CT molecular complexity index is 757. The summed E-state index contributed by atoms with van der Waals surface area (Å²) in [5.41, 5.74) is 2.07. The minimum Gasteiger partial charge on any atom is -0.354 e. The van der Waals surface area contributed by atoms with Crippen molar-refractivity contribution >= 4 is 11.8 Å². The van der Waals surface area contributed by atoms with Crippen LogP contribution in [0.4, 0.5) is 0 Å². The van der Waals surface area contributed by atoms with E-state index >= 15 is 0 Å². The Hall–Kier alpha value is -2.62. The highest BCUT2D eigenvalue weighted by atomic mass is 16.2. The zero-order valence-corrected chi connectivity index (χ0v) is 18.1. The zero-order chi connectivity index (χ0) is 21.2. The van der Waals surface area contributed by atoms with Gasteiger partial charge in [0.05, 0.1) is 0 Å². The lowest BCUT2D eigenvalue weighted by Crippen LogP contribution is -2.51. The summed E-state index contributed by atoms with van der Waals surface area (Å²) in [6, 6.07) is 19.2. The number of carbonyl (C=O) groups is 2. The number of nitrogens with zero attached hydrogens (tertiary/aromatic N) is 1. The molecule has 0 heterocycles. The van der Waals surface area contributed by atoms with Crippen LogP contribution in [0.15, 0.2) is 60.7 Å². The molecule has 4 nitrogen and oxygen atoms in total. The van der Waals surface area contributed by atoms with Crippen molar-refractivity contribution in [1.29, 1.82) is 0 Å². The Kier molecular flexibility index (Phi) is 8.91. The quantitative estimate of drug-likeness (QED) is 0.647. The van der Waals surface area contributed by atoms with Crippen LogP contribution < -0.4 is 5.32 Å². The molecule has 2 aromatic carbocycles. The van der Waals surface area contributed by atoms with Crippen LogP contribution >= 0.6 is 0 Å². The summed E-state index contributed by atoms with van der Waals surface area (Å²) < 4.78 is 0. The van der Waals surface area contributed by atoms with Gasteiger partial charge in [-0.25, -0.2) is 0 Å². The molecule has 0 aliphatic carbocycles. The molecule has 2 amide bonds. The van der Waals surface area contributed by atoms with Crippen molar-refractivity contribution in [2.45, 2.75) is 53.1 Å². The average molecular weight is 395 g/mol. The van der Waals surface area contributed by atoms with Crippen LogP contribution in [0.1, 0.15) is 45.2 Å². The Morgan fingerprint density at radius 2 is 1.41 bits per heavy atom. The van der Waals surface area contributed by atoms with Gasteiger partial charge < -0.3 is 10.2 Å². The van der Waals surface area contributed by atoms with Crippen LogP contribution in [0, 0.1) is 11.8 Å². The monoisotopic (exact) mass is 394 g/mol. The molecule has 0 aliphatic rings. The molecule has 29 heavy (non-hydrogen) atoms. The van der Waals surface area contributed by atoms with Crippen molar-refractivity contribution in [1.82, 2.24) is 10.2 Å². The number of hydrogen-bond acceptors (Lipinski definition) is 2. The van der Waals surface area contributed by atoms with Gasteiger partial charge in [0.25, 0.3) is 0 Å². The maximum atomic E-state index is 13.2. The van der Waals surface area contributed by atoms with Crippen molar-refractivity contribution in [2.75, 3.05) is 6.54 Å². The Morgan fingerprint density at radius 1 is 0.862 bits per heavy atom. The van der Waals surface area contributed by atoms with Crippen molar-refractivity contribution in [3.05, 3.63) is 71.8 Å². The molecule has 0 aromatic heterocycles. The SMILES string of the molecule is CC(C)CCNC(=O)[C@@H](Cc1ccccc1)N(Cc1ccccc1)C(=O)C(C)C. The van der Waals surface area contributed by atoms with Crippen LogP contribution in [0.2, 0.25) is 0 Å². The minimum absolute atomic E-state index is 0.00575. The molecule has 0 bridgehead atoms. The summed E-state index contributed by atoms with van der Waals surface area (Å²) in [6.07, 6.45) is 1.42. The lowest BCUT2D eigenvalue weighted by Gasteiger charge is -2.33. The summed E-state index contributed by atoms with van der Waals surface area (Å²) in [6.45, 7) is 9.09. The van der Waals surface area contributed by atoms with E-state index in [9.17, 15) is 9.59 Å². The van der Waals surface area contributed by atoms with Crippen molar-refractivity contribution in [3.8, 4) is 0 Å². The molecular formula is C25H34N2O2. The minimum atomic E-state index is -0.542. The Morgan fingerprint density at radius 3 is 1.93 bits per heavy atom. The molecule has 0 aliphatic heterocycles. The second-order valence-corrected chi connectivity index (χ2v) is 8.29. The normalized spacial score (nSPS) is 12.1. The van der Waals surface area contributed by atoms with E-state index in [1.807, 2.05) is 74.5 Å². The third-order valence-electron chi connectivity index (χ3n) is 4.94. The summed E-state index contributed by atoms with van der Waals surface area (Å²) in [5.74, 6) is 0.245. The summed E-state index contributed by atoms with van der Waals surface area (Å²) >= 11 is 0. The first-order chi connectivity index (χ1) is 13.9. The molecular weight excluding hydrogens is 360 g/mol.